The molecule has 3 aromatic rings. The van der Waals surface area contributed by atoms with E-state index in [2.05, 4.69) is 20.6 Å². The van der Waals surface area contributed by atoms with Crippen LogP contribution in [0.25, 0.3) is 0 Å². The lowest BCUT2D eigenvalue weighted by atomic mass is 10.2. The molecule has 0 unspecified atom stereocenters. The Labute approximate surface area is 149 Å². The summed E-state index contributed by atoms with van der Waals surface area (Å²) < 4.78 is 10.7. The SMILES string of the molecule is Cc1nc(Nc2ccc(Cl)cc2)cc(Nc2ccc3c(c2)OCO3)n1. The number of nitrogens with zero attached hydrogens (tertiary/aromatic N) is 2. The average Bonchev–Trinajstić information content (AvgIpc) is 3.04. The van der Waals surface area contributed by atoms with Gasteiger partial charge < -0.3 is 20.1 Å². The molecule has 0 fully saturated rings. The highest BCUT2D eigenvalue weighted by Gasteiger charge is 2.13. The first kappa shape index (κ1) is 15.5. The summed E-state index contributed by atoms with van der Waals surface area (Å²) in [5, 5.41) is 7.20. The molecule has 0 aliphatic carbocycles. The molecule has 0 saturated heterocycles. The van der Waals surface area contributed by atoms with Gasteiger partial charge in [-0.25, -0.2) is 9.97 Å². The number of fused-ring (bicyclic) bond motifs is 1. The Morgan fingerprint density at radius 2 is 1.48 bits per heavy atom. The van der Waals surface area contributed by atoms with Crippen molar-refractivity contribution in [2.75, 3.05) is 17.4 Å². The van der Waals surface area contributed by atoms with E-state index in [0.717, 1.165) is 22.9 Å². The second-order valence-electron chi connectivity index (χ2n) is 5.51. The van der Waals surface area contributed by atoms with Crippen LogP contribution in [0.4, 0.5) is 23.0 Å². The fourth-order valence-corrected chi connectivity index (χ4v) is 2.63. The van der Waals surface area contributed by atoms with Crippen molar-refractivity contribution in [3.8, 4) is 11.5 Å². The predicted molar refractivity (Wildman–Crippen MR) is 97.4 cm³/mol. The number of ether oxygens (including phenoxy) is 2. The largest absolute Gasteiger partial charge is 0.454 e. The third-order valence-corrected chi connectivity index (χ3v) is 3.85. The third kappa shape index (κ3) is 3.59. The molecule has 1 aromatic heterocycles. The molecule has 0 radical (unpaired) electrons. The van der Waals surface area contributed by atoms with Crippen molar-refractivity contribution in [2.45, 2.75) is 6.92 Å². The Morgan fingerprint density at radius 1 is 0.840 bits per heavy atom. The van der Waals surface area contributed by atoms with E-state index < -0.39 is 0 Å². The molecule has 25 heavy (non-hydrogen) atoms. The van der Waals surface area contributed by atoms with Crippen molar-refractivity contribution in [2.24, 2.45) is 0 Å². The molecule has 2 heterocycles. The minimum atomic E-state index is 0.251. The van der Waals surface area contributed by atoms with Crippen molar-refractivity contribution in [1.29, 1.82) is 0 Å². The summed E-state index contributed by atoms with van der Waals surface area (Å²) in [5.74, 6) is 3.49. The van der Waals surface area contributed by atoms with Crippen LogP contribution in [0.3, 0.4) is 0 Å². The lowest BCUT2D eigenvalue weighted by Gasteiger charge is -2.11. The first-order chi connectivity index (χ1) is 12.2. The number of halogens is 1. The standard InChI is InChI=1S/C18H15ClN4O2/c1-11-20-17(22-13-4-2-12(19)3-5-13)9-18(21-11)23-14-6-7-15-16(8-14)25-10-24-15/h2-9H,10H2,1H3,(H2,20,21,22,23). The van der Waals surface area contributed by atoms with Crippen molar-refractivity contribution >= 4 is 34.6 Å². The molecular formula is C18H15ClN4O2. The normalized spacial score (nSPS) is 12.1. The molecule has 1 aliphatic heterocycles. The summed E-state index contributed by atoms with van der Waals surface area (Å²) in [5.41, 5.74) is 1.76. The van der Waals surface area contributed by atoms with Gasteiger partial charge >= 0.3 is 0 Å². The lowest BCUT2D eigenvalue weighted by molar-refractivity contribution is 0.174. The number of anilines is 4. The summed E-state index contributed by atoms with van der Waals surface area (Å²) in [6.07, 6.45) is 0. The zero-order valence-electron chi connectivity index (χ0n) is 13.4. The number of hydrogen-bond acceptors (Lipinski definition) is 6. The number of aromatic nitrogens is 2. The predicted octanol–water partition coefficient (Wildman–Crippen LogP) is 4.65. The highest BCUT2D eigenvalue weighted by atomic mass is 35.5. The van der Waals surface area contributed by atoms with Gasteiger partial charge in [0.1, 0.15) is 17.5 Å². The average molecular weight is 355 g/mol. The van der Waals surface area contributed by atoms with E-state index in [0.29, 0.717) is 22.5 Å². The summed E-state index contributed by atoms with van der Waals surface area (Å²) in [6.45, 7) is 2.10. The molecule has 2 N–H and O–H groups in total. The van der Waals surface area contributed by atoms with Crippen LogP contribution in [0.2, 0.25) is 5.02 Å². The van der Waals surface area contributed by atoms with Gasteiger partial charge in [-0.05, 0) is 43.3 Å². The molecule has 6 nitrogen and oxygen atoms in total. The fourth-order valence-electron chi connectivity index (χ4n) is 2.50. The first-order valence-electron chi connectivity index (χ1n) is 7.71. The monoisotopic (exact) mass is 354 g/mol. The summed E-state index contributed by atoms with van der Waals surface area (Å²) >= 11 is 5.91. The van der Waals surface area contributed by atoms with Crippen LogP contribution in [0.15, 0.2) is 48.5 Å². The molecule has 0 amide bonds. The summed E-state index contributed by atoms with van der Waals surface area (Å²) in [6, 6.07) is 14.9. The van der Waals surface area contributed by atoms with E-state index in [9.17, 15) is 0 Å². The van der Waals surface area contributed by atoms with E-state index in [1.807, 2.05) is 55.5 Å². The zero-order chi connectivity index (χ0) is 17.2. The second-order valence-corrected chi connectivity index (χ2v) is 5.95. The van der Waals surface area contributed by atoms with Crippen LogP contribution >= 0.6 is 11.6 Å². The van der Waals surface area contributed by atoms with Crippen LogP contribution < -0.4 is 20.1 Å². The summed E-state index contributed by atoms with van der Waals surface area (Å²) in [4.78, 5) is 8.83. The minimum absolute atomic E-state index is 0.251. The topological polar surface area (TPSA) is 68.3 Å². The van der Waals surface area contributed by atoms with Crippen LogP contribution in [0.5, 0.6) is 11.5 Å². The van der Waals surface area contributed by atoms with Gasteiger partial charge in [0, 0.05) is 28.5 Å². The maximum absolute atomic E-state index is 5.91. The van der Waals surface area contributed by atoms with Crippen molar-refractivity contribution in [1.82, 2.24) is 9.97 Å². The van der Waals surface area contributed by atoms with Gasteiger partial charge in [0.2, 0.25) is 6.79 Å². The van der Waals surface area contributed by atoms with Crippen LogP contribution in [0.1, 0.15) is 5.82 Å². The van der Waals surface area contributed by atoms with Gasteiger partial charge in [-0.15, -0.1) is 0 Å². The molecule has 1 aliphatic rings. The van der Waals surface area contributed by atoms with Gasteiger partial charge in [0.05, 0.1) is 0 Å². The lowest BCUT2D eigenvalue weighted by Crippen LogP contribution is -2.01. The highest BCUT2D eigenvalue weighted by Crippen LogP contribution is 2.35. The molecule has 0 saturated carbocycles. The molecule has 7 heteroatoms. The number of rotatable bonds is 4. The van der Waals surface area contributed by atoms with Gasteiger partial charge in [0.25, 0.3) is 0 Å². The number of aryl methyl sites for hydroxylation is 1. The highest BCUT2D eigenvalue weighted by molar-refractivity contribution is 6.30. The molecule has 126 valence electrons. The van der Waals surface area contributed by atoms with E-state index in [-0.39, 0.29) is 6.79 Å². The van der Waals surface area contributed by atoms with Gasteiger partial charge in [-0.1, -0.05) is 11.6 Å². The minimum Gasteiger partial charge on any atom is -0.454 e. The van der Waals surface area contributed by atoms with Crippen molar-refractivity contribution in [3.63, 3.8) is 0 Å². The Balaban J connectivity index is 1.56. The number of benzene rings is 2. The summed E-state index contributed by atoms with van der Waals surface area (Å²) in [7, 11) is 0. The Morgan fingerprint density at radius 3 is 2.24 bits per heavy atom. The van der Waals surface area contributed by atoms with Gasteiger partial charge in [-0.3, -0.25) is 0 Å². The molecule has 4 rings (SSSR count). The third-order valence-electron chi connectivity index (χ3n) is 3.60. The zero-order valence-corrected chi connectivity index (χ0v) is 14.2. The quantitative estimate of drug-likeness (QED) is 0.710. The van der Waals surface area contributed by atoms with E-state index in [4.69, 9.17) is 21.1 Å². The molecule has 0 bridgehead atoms. The van der Waals surface area contributed by atoms with Gasteiger partial charge in [0.15, 0.2) is 11.5 Å². The first-order valence-corrected chi connectivity index (χ1v) is 8.08. The maximum Gasteiger partial charge on any atom is 0.231 e. The van der Waals surface area contributed by atoms with Crippen LogP contribution in [-0.4, -0.2) is 16.8 Å². The van der Waals surface area contributed by atoms with Crippen molar-refractivity contribution in [3.05, 3.63) is 59.4 Å². The van der Waals surface area contributed by atoms with Crippen LogP contribution in [0, 0.1) is 6.92 Å². The molecule has 2 aromatic carbocycles. The smallest absolute Gasteiger partial charge is 0.231 e. The number of hydrogen-bond donors (Lipinski definition) is 2. The maximum atomic E-state index is 5.91. The second kappa shape index (κ2) is 6.49. The van der Waals surface area contributed by atoms with E-state index >= 15 is 0 Å². The Bertz CT molecular complexity index is 915. The molecule has 0 spiro atoms. The number of nitrogens with one attached hydrogen (secondary N) is 2. The van der Waals surface area contributed by atoms with E-state index in [1.165, 1.54) is 0 Å². The van der Waals surface area contributed by atoms with Crippen LogP contribution in [-0.2, 0) is 0 Å². The Kier molecular flexibility index (Phi) is 4.03. The fraction of sp³-hybridized carbons (Fsp3) is 0.111. The Hall–Kier alpha value is -2.99. The van der Waals surface area contributed by atoms with Gasteiger partial charge in [-0.2, -0.15) is 0 Å². The molecule has 0 atom stereocenters. The van der Waals surface area contributed by atoms with E-state index in [1.54, 1.807) is 0 Å². The molecular weight excluding hydrogens is 340 g/mol. The van der Waals surface area contributed by atoms with Crippen molar-refractivity contribution < 1.29 is 9.47 Å².